The number of hydrogen-bond donors (Lipinski definition) is 1. The van der Waals surface area contributed by atoms with E-state index < -0.39 is 16.6 Å². The van der Waals surface area contributed by atoms with Gasteiger partial charge < -0.3 is 9.84 Å². The van der Waals surface area contributed by atoms with Gasteiger partial charge in [-0.2, -0.15) is 0 Å². The van der Waals surface area contributed by atoms with Crippen molar-refractivity contribution in [3.63, 3.8) is 0 Å². The fourth-order valence-electron chi connectivity index (χ4n) is 1.74. The van der Waals surface area contributed by atoms with E-state index in [4.69, 9.17) is 9.84 Å². The topological polar surface area (TPSA) is 89.7 Å². The third kappa shape index (κ3) is 3.32. The Hall–Kier alpha value is -2.54. The minimum atomic E-state index is -1.33. The van der Waals surface area contributed by atoms with E-state index in [1.165, 1.54) is 37.1 Å². The van der Waals surface area contributed by atoms with Crippen LogP contribution in [-0.2, 0) is 0 Å². The summed E-state index contributed by atoms with van der Waals surface area (Å²) in [5, 5.41) is 19.9. The average Bonchev–Trinajstić information content (AvgIpc) is 2.47. The first-order chi connectivity index (χ1) is 10.0. The molecule has 0 spiro atoms. The van der Waals surface area contributed by atoms with Crippen molar-refractivity contribution < 1.29 is 19.6 Å². The molecule has 0 aliphatic heterocycles. The van der Waals surface area contributed by atoms with Crippen LogP contribution in [0.1, 0.15) is 10.4 Å². The molecule has 2 aromatic rings. The number of para-hydroxylation sites is 1. The molecule has 108 valence electrons. The standard InChI is InChI=1S/C14H11NO5S/c1-20-12-4-2-3-5-13(12)21-9-6-7-11(15(18)19)10(8-9)14(16)17/h2-8H,1H3,(H,16,17). The zero-order valence-corrected chi connectivity index (χ0v) is 11.8. The average molecular weight is 305 g/mol. The molecule has 1 N–H and O–H groups in total. The Morgan fingerprint density at radius 1 is 1.29 bits per heavy atom. The number of carbonyl (C=O) groups is 1. The summed E-state index contributed by atoms with van der Waals surface area (Å²) in [6.45, 7) is 0. The molecule has 7 heteroatoms. The van der Waals surface area contributed by atoms with E-state index in [9.17, 15) is 14.9 Å². The normalized spacial score (nSPS) is 10.1. The molecule has 0 heterocycles. The summed E-state index contributed by atoms with van der Waals surface area (Å²) < 4.78 is 5.21. The number of aromatic carboxylic acids is 1. The summed E-state index contributed by atoms with van der Waals surface area (Å²) in [6, 6.07) is 11.3. The van der Waals surface area contributed by atoms with Crippen molar-refractivity contribution in [2.24, 2.45) is 0 Å². The van der Waals surface area contributed by atoms with Gasteiger partial charge in [0.05, 0.1) is 16.9 Å². The van der Waals surface area contributed by atoms with Crippen LogP contribution in [0.4, 0.5) is 5.69 Å². The molecule has 0 aromatic heterocycles. The Labute approximate surface area is 124 Å². The quantitative estimate of drug-likeness (QED) is 0.672. The zero-order chi connectivity index (χ0) is 15.4. The lowest BCUT2D eigenvalue weighted by Gasteiger charge is -2.08. The van der Waals surface area contributed by atoms with E-state index in [0.29, 0.717) is 10.6 Å². The highest BCUT2D eigenvalue weighted by molar-refractivity contribution is 7.99. The highest BCUT2D eigenvalue weighted by Crippen LogP contribution is 2.36. The molecule has 0 saturated heterocycles. The monoisotopic (exact) mass is 305 g/mol. The molecule has 21 heavy (non-hydrogen) atoms. The second-order valence-corrected chi connectivity index (χ2v) is 5.11. The molecular formula is C14H11NO5S. The second-order valence-electron chi connectivity index (χ2n) is 3.99. The van der Waals surface area contributed by atoms with Crippen LogP contribution in [0.2, 0.25) is 0 Å². The summed E-state index contributed by atoms with van der Waals surface area (Å²) in [6.07, 6.45) is 0. The first-order valence-electron chi connectivity index (χ1n) is 5.85. The van der Waals surface area contributed by atoms with Crippen molar-refractivity contribution in [3.8, 4) is 5.75 Å². The Morgan fingerprint density at radius 2 is 2.00 bits per heavy atom. The lowest BCUT2D eigenvalue weighted by molar-refractivity contribution is -0.385. The van der Waals surface area contributed by atoms with Gasteiger partial charge in [-0.15, -0.1) is 0 Å². The van der Waals surface area contributed by atoms with Gasteiger partial charge in [0.1, 0.15) is 11.3 Å². The second kappa shape index (κ2) is 6.27. The van der Waals surface area contributed by atoms with Crippen LogP contribution in [0.3, 0.4) is 0 Å². The Kier molecular flexibility index (Phi) is 4.44. The molecule has 0 atom stereocenters. The van der Waals surface area contributed by atoms with Crippen LogP contribution in [0.25, 0.3) is 0 Å². The van der Waals surface area contributed by atoms with Crippen LogP contribution in [0.5, 0.6) is 5.75 Å². The summed E-state index contributed by atoms with van der Waals surface area (Å²) in [4.78, 5) is 22.6. The van der Waals surface area contributed by atoms with Gasteiger partial charge in [0.25, 0.3) is 5.69 Å². The molecule has 0 saturated carbocycles. The number of nitro benzene ring substituents is 1. The summed E-state index contributed by atoms with van der Waals surface area (Å²) in [5.41, 5.74) is -0.758. The molecule has 0 amide bonds. The van der Waals surface area contributed by atoms with Crippen LogP contribution in [0, 0.1) is 10.1 Å². The lowest BCUT2D eigenvalue weighted by Crippen LogP contribution is -2.02. The molecule has 0 aliphatic rings. The van der Waals surface area contributed by atoms with Crippen molar-refractivity contribution in [1.82, 2.24) is 0 Å². The molecule has 0 radical (unpaired) electrons. The van der Waals surface area contributed by atoms with Crippen LogP contribution < -0.4 is 4.74 Å². The van der Waals surface area contributed by atoms with Crippen molar-refractivity contribution in [2.75, 3.05) is 7.11 Å². The van der Waals surface area contributed by atoms with Gasteiger partial charge in [0, 0.05) is 11.0 Å². The van der Waals surface area contributed by atoms with Gasteiger partial charge >= 0.3 is 5.97 Å². The van der Waals surface area contributed by atoms with E-state index in [1.54, 1.807) is 6.07 Å². The van der Waals surface area contributed by atoms with Gasteiger partial charge in [-0.05, 0) is 24.3 Å². The summed E-state index contributed by atoms with van der Waals surface area (Å²) >= 11 is 1.28. The largest absolute Gasteiger partial charge is 0.496 e. The van der Waals surface area contributed by atoms with Gasteiger partial charge in [0.15, 0.2) is 0 Å². The van der Waals surface area contributed by atoms with Gasteiger partial charge in [0.2, 0.25) is 0 Å². The van der Waals surface area contributed by atoms with E-state index in [0.717, 1.165) is 4.90 Å². The lowest BCUT2D eigenvalue weighted by atomic mass is 10.2. The van der Waals surface area contributed by atoms with Crippen LogP contribution in [-0.4, -0.2) is 23.1 Å². The maximum atomic E-state index is 11.1. The number of carboxylic acid groups (broad SMARTS) is 1. The fraction of sp³-hybridized carbons (Fsp3) is 0.0714. The number of rotatable bonds is 5. The molecule has 0 unspecified atom stereocenters. The number of hydrogen-bond acceptors (Lipinski definition) is 5. The molecule has 2 rings (SSSR count). The number of methoxy groups -OCH3 is 1. The molecule has 0 fully saturated rings. The molecule has 0 bridgehead atoms. The first kappa shape index (κ1) is 14.9. The number of nitro groups is 1. The highest BCUT2D eigenvalue weighted by atomic mass is 32.2. The third-order valence-corrected chi connectivity index (χ3v) is 3.74. The third-order valence-electron chi connectivity index (χ3n) is 2.69. The smallest absolute Gasteiger partial charge is 0.342 e. The molecule has 6 nitrogen and oxygen atoms in total. The molecule has 2 aromatic carbocycles. The first-order valence-corrected chi connectivity index (χ1v) is 6.67. The van der Waals surface area contributed by atoms with Gasteiger partial charge in [-0.3, -0.25) is 10.1 Å². The van der Waals surface area contributed by atoms with E-state index in [-0.39, 0.29) is 5.56 Å². The molecule has 0 aliphatic carbocycles. The zero-order valence-electron chi connectivity index (χ0n) is 11.0. The van der Waals surface area contributed by atoms with E-state index >= 15 is 0 Å². The van der Waals surface area contributed by atoms with Crippen molar-refractivity contribution >= 4 is 23.4 Å². The van der Waals surface area contributed by atoms with Gasteiger partial charge in [-0.1, -0.05) is 23.9 Å². The Morgan fingerprint density at radius 3 is 2.62 bits per heavy atom. The fourth-order valence-corrected chi connectivity index (χ4v) is 2.70. The van der Waals surface area contributed by atoms with Crippen molar-refractivity contribution in [3.05, 3.63) is 58.1 Å². The summed E-state index contributed by atoms with van der Waals surface area (Å²) in [5.74, 6) is -0.679. The minimum absolute atomic E-state index is 0.333. The van der Waals surface area contributed by atoms with Crippen LogP contribution >= 0.6 is 11.8 Å². The Balaban J connectivity index is 2.39. The maximum Gasteiger partial charge on any atom is 0.342 e. The number of ether oxygens (including phenoxy) is 1. The molecular weight excluding hydrogens is 294 g/mol. The van der Waals surface area contributed by atoms with Gasteiger partial charge in [-0.25, -0.2) is 4.79 Å². The minimum Gasteiger partial charge on any atom is -0.496 e. The Bertz CT molecular complexity index is 702. The predicted molar refractivity (Wildman–Crippen MR) is 77.2 cm³/mol. The number of carboxylic acids is 1. The summed E-state index contributed by atoms with van der Waals surface area (Å²) in [7, 11) is 1.54. The van der Waals surface area contributed by atoms with E-state index in [1.807, 2.05) is 18.2 Å². The van der Waals surface area contributed by atoms with Crippen molar-refractivity contribution in [2.45, 2.75) is 9.79 Å². The van der Waals surface area contributed by atoms with Crippen LogP contribution in [0.15, 0.2) is 52.3 Å². The van der Waals surface area contributed by atoms with E-state index in [2.05, 4.69) is 0 Å². The highest BCUT2D eigenvalue weighted by Gasteiger charge is 2.20. The number of benzene rings is 2. The predicted octanol–water partition coefficient (Wildman–Crippen LogP) is 3.45. The van der Waals surface area contributed by atoms with Crippen molar-refractivity contribution in [1.29, 1.82) is 0 Å². The number of nitrogens with zero attached hydrogens (tertiary/aromatic N) is 1. The maximum absolute atomic E-state index is 11.1. The SMILES string of the molecule is COc1ccccc1Sc1ccc([N+](=O)[O-])c(C(=O)O)c1.